The number of phenolic OH excluding ortho intramolecular Hbond substituents is 1. The lowest BCUT2D eigenvalue weighted by Gasteiger charge is -2.29. The Morgan fingerprint density at radius 3 is 2.35 bits per heavy atom. The smallest absolute Gasteiger partial charge is 0.416 e. The number of benzene rings is 2. The van der Waals surface area contributed by atoms with E-state index in [1.807, 2.05) is 23.1 Å². The molecule has 0 bridgehead atoms. The number of alkyl halides is 3. The first-order valence-electron chi connectivity index (χ1n) is 8.39. The largest absolute Gasteiger partial charge is 0.508 e. The minimum atomic E-state index is -4.48. The fourth-order valence-corrected chi connectivity index (χ4v) is 3.20. The van der Waals surface area contributed by atoms with Gasteiger partial charge >= 0.3 is 6.18 Å². The van der Waals surface area contributed by atoms with Gasteiger partial charge in [0, 0.05) is 19.6 Å². The molecule has 2 aromatic carbocycles. The molecule has 1 aliphatic heterocycles. The zero-order valence-electron chi connectivity index (χ0n) is 14.1. The third-order valence-electron chi connectivity index (χ3n) is 4.59. The Balaban J connectivity index is 1.67. The van der Waals surface area contributed by atoms with Crippen LogP contribution >= 0.6 is 0 Å². The van der Waals surface area contributed by atoms with E-state index in [9.17, 15) is 23.4 Å². The number of nitrogens with zero attached hydrogens (tertiary/aromatic N) is 1. The van der Waals surface area contributed by atoms with Crippen molar-refractivity contribution in [3.8, 4) is 5.75 Å². The summed E-state index contributed by atoms with van der Waals surface area (Å²) in [7, 11) is 0. The summed E-state index contributed by atoms with van der Waals surface area (Å²) >= 11 is 0. The van der Waals surface area contributed by atoms with E-state index in [-0.39, 0.29) is 17.9 Å². The maximum absolute atomic E-state index is 13.1. The van der Waals surface area contributed by atoms with Crippen LogP contribution in [0.3, 0.4) is 0 Å². The third-order valence-corrected chi connectivity index (χ3v) is 4.59. The highest BCUT2D eigenvalue weighted by Gasteiger charge is 2.35. The van der Waals surface area contributed by atoms with Crippen LogP contribution in [-0.4, -0.2) is 34.7 Å². The molecule has 0 aromatic heterocycles. The molecule has 0 aliphatic carbocycles. The molecule has 1 aliphatic rings. The normalized spacial score (nSPS) is 17.0. The zero-order chi connectivity index (χ0) is 18.7. The van der Waals surface area contributed by atoms with Gasteiger partial charge in [0.15, 0.2) is 0 Å². The van der Waals surface area contributed by atoms with Crippen LogP contribution in [0.15, 0.2) is 54.6 Å². The summed E-state index contributed by atoms with van der Waals surface area (Å²) in [5, 5.41) is 19.7. The minimum Gasteiger partial charge on any atom is -0.508 e. The van der Waals surface area contributed by atoms with Gasteiger partial charge in [-0.1, -0.05) is 36.4 Å². The predicted octanol–water partition coefficient (Wildman–Crippen LogP) is 4.23. The fraction of sp³-hybridized carbons (Fsp3) is 0.300. The first-order chi connectivity index (χ1) is 12.3. The molecule has 0 spiro atoms. The molecular weight excluding hydrogens is 343 g/mol. The summed E-state index contributed by atoms with van der Waals surface area (Å²) in [6, 6.07) is 12.1. The summed E-state index contributed by atoms with van der Waals surface area (Å²) in [5.41, 5.74) is 1.27. The number of β-amino-alcohol motifs (C(OH)–C–C–N with tert-alkyl or cyclic N) is 1. The highest BCUT2D eigenvalue weighted by Crippen LogP contribution is 2.35. The molecule has 0 saturated carbocycles. The molecule has 138 valence electrons. The summed E-state index contributed by atoms with van der Waals surface area (Å²) in [6.45, 7) is 1.35. The molecule has 0 amide bonds. The number of phenols is 1. The number of rotatable bonds is 4. The van der Waals surface area contributed by atoms with Gasteiger partial charge in [-0.25, -0.2) is 0 Å². The average Bonchev–Trinajstić information content (AvgIpc) is 2.62. The van der Waals surface area contributed by atoms with Crippen LogP contribution in [0.1, 0.15) is 29.2 Å². The van der Waals surface area contributed by atoms with E-state index < -0.39 is 17.8 Å². The second kappa shape index (κ2) is 7.51. The van der Waals surface area contributed by atoms with Crippen LogP contribution in [-0.2, 0) is 6.18 Å². The van der Waals surface area contributed by atoms with Crippen molar-refractivity contribution in [3.63, 3.8) is 0 Å². The molecule has 3 rings (SSSR count). The van der Waals surface area contributed by atoms with Crippen molar-refractivity contribution in [2.45, 2.75) is 18.7 Å². The number of halogens is 3. The molecule has 0 radical (unpaired) electrons. The number of aromatic hydroxyl groups is 1. The van der Waals surface area contributed by atoms with E-state index in [0.717, 1.165) is 23.6 Å². The molecule has 1 heterocycles. The molecule has 2 aromatic rings. The van der Waals surface area contributed by atoms with Gasteiger partial charge in [-0.05, 0) is 41.3 Å². The van der Waals surface area contributed by atoms with Crippen molar-refractivity contribution in [2.24, 2.45) is 0 Å². The second-order valence-electron chi connectivity index (χ2n) is 6.39. The van der Waals surface area contributed by atoms with E-state index in [0.29, 0.717) is 13.1 Å². The molecule has 0 saturated heterocycles. The fourth-order valence-electron chi connectivity index (χ4n) is 3.20. The second-order valence-corrected chi connectivity index (χ2v) is 6.39. The topological polar surface area (TPSA) is 43.7 Å². The monoisotopic (exact) mass is 363 g/mol. The van der Waals surface area contributed by atoms with Crippen molar-refractivity contribution >= 4 is 5.57 Å². The van der Waals surface area contributed by atoms with Crippen molar-refractivity contribution < 1.29 is 23.4 Å². The van der Waals surface area contributed by atoms with Crippen molar-refractivity contribution in [1.82, 2.24) is 4.90 Å². The lowest BCUT2D eigenvalue weighted by molar-refractivity contribution is -0.139. The van der Waals surface area contributed by atoms with E-state index in [1.165, 1.54) is 18.2 Å². The minimum absolute atomic E-state index is 0.0895. The Bertz CT molecular complexity index is 784. The summed E-state index contributed by atoms with van der Waals surface area (Å²) < 4.78 is 39.3. The first-order valence-corrected chi connectivity index (χ1v) is 8.39. The molecule has 26 heavy (non-hydrogen) atoms. The Morgan fingerprint density at radius 1 is 1.04 bits per heavy atom. The van der Waals surface area contributed by atoms with Crippen LogP contribution in [0.25, 0.3) is 5.57 Å². The summed E-state index contributed by atoms with van der Waals surface area (Å²) in [5.74, 6) is 0.207. The molecule has 3 nitrogen and oxygen atoms in total. The van der Waals surface area contributed by atoms with E-state index in [1.54, 1.807) is 12.1 Å². The van der Waals surface area contributed by atoms with Crippen LogP contribution < -0.4 is 0 Å². The van der Waals surface area contributed by atoms with Gasteiger partial charge in [0.1, 0.15) is 5.75 Å². The van der Waals surface area contributed by atoms with Gasteiger partial charge in [0.2, 0.25) is 0 Å². The van der Waals surface area contributed by atoms with Crippen LogP contribution in [0, 0.1) is 0 Å². The predicted molar refractivity (Wildman–Crippen MR) is 93.5 cm³/mol. The van der Waals surface area contributed by atoms with E-state index in [2.05, 4.69) is 0 Å². The van der Waals surface area contributed by atoms with Crippen LogP contribution in [0.4, 0.5) is 13.2 Å². The molecule has 6 heteroatoms. The van der Waals surface area contributed by atoms with Crippen LogP contribution in [0.2, 0.25) is 0 Å². The lowest BCUT2D eigenvalue weighted by Crippen LogP contribution is -2.33. The number of hydrogen-bond acceptors (Lipinski definition) is 3. The molecule has 0 fully saturated rings. The number of aliphatic hydroxyl groups excluding tert-OH is 1. The van der Waals surface area contributed by atoms with Crippen molar-refractivity contribution in [1.29, 1.82) is 0 Å². The van der Waals surface area contributed by atoms with Gasteiger partial charge in [-0.15, -0.1) is 0 Å². The Morgan fingerprint density at radius 2 is 1.73 bits per heavy atom. The lowest BCUT2D eigenvalue weighted by atomic mass is 9.98. The Labute approximate surface area is 150 Å². The Kier molecular flexibility index (Phi) is 5.34. The third kappa shape index (κ3) is 4.26. The molecule has 1 unspecified atom stereocenters. The van der Waals surface area contributed by atoms with Gasteiger partial charge < -0.3 is 10.2 Å². The molecule has 2 N–H and O–H groups in total. The van der Waals surface area contributed by atoms with Gasteiger partial charge in [0.05, 0.1) is 11.7 Å². The van der Waals surface area contributed by atoms with Crippen LogP contribution in [0.5, 0.6) is 5.75 Å². The van der Waals surface area contributed by atoms with E-state index in [4.69, 9.17) is 0 Å². The summed E-state index contributed by atoms with van der Waals surface area (Å²) in [4.78, 5) is 1.93. The highest BCUT2D eigenvalue weighted by atomic mass is 19.4. The average molecular weight is 363 g/mol. The Hall–Kier alpha value is -2.31. The zero-order valence-corrected chi connectivity index (χ0v) is 14.1. The van der Waals surface area contributed by atoms with Gasteiger partial charge in [0.25, 0.3) is 0 Å². The van der Waals surface area contributed by atoms with Gasteiger partial charge in [-0.3, -0.25) is 4.90 Å². The quantitative estimate of drug-likeness (QED) is 0.854. The molecule has 1 atom stereocenters. The SMILES string of the molecule is Oc1ccc(C2=CCN(CC(O)c3ccccc3C(F)(F)F)CC2)cc1. The number of hydrogen-bond donors (Lipinski definition) is 2. The van der Waals surface area contributed by atoms with Crippen molar-refractivity contribution in [2.75, 3.05) is 19.6 Å². The first kappa shape index (κ1) is 18.5. The molecular formula is C20H20F3NO2. The maximum Gasteiger partial charge on any atom is 0.416 e. The number of aliphatic hydroxyl groups is 1. The van der Waals surface area contributed by atoms with Crippen molar-refractivity contribution in [3.05, 3.63) is 71.3 Å². The maximum atomic E-state index is 13.1. The van der Waals surface area contributed by atoms with Gasteiger partial charge in [-0.2, -0.15) is 13.2 Å². The highest BCUT2D eigenvalue weighted by molar-refractivity contribution is 5.67. The summed E-state index contributed by atoms with van der Waals surface area (Å²) in [6.07, 6.45) is -2.93. The van der Waals surface area contributed by atoms with E-state index >= 15 is 0 Å². The standard InChI is InChI=1S/C20H20F3NO2/c21-20(22,23)18-4-2-1-3-17(18)19(26)13-24-11-9-15(10-12-24)14-5-7-16(25)8-6-14/h1-9,19,25-26H,10-13H2.